The van der Waals surface area contributed by atoms with Crippen molar-refractivity contribution in [3.63, 3.8) is 0 Å². The summed E-state index contributed by atoms with van der Waals surface area (Å²) in [6.45, 7) is 0. The number of nitrogens with zero attached hydrogens (tertiary/aromatic N) is 1. The molecule has 2 saturated heterocycles. The lowest BCUT2D eigenvalue weighted by Gasteiger charge is -2.33. The lowest BCUT2D eigenvalue weighted by atomic mass is 9.66. The number of esters is 1. The number of carbonyl (C=O) groups is 3. The molecule has 0 spiro atoms. The van der Waals surface area contributed by atoms with Crippen molar-refractivity contribution in [1.82, 2.24) is 5.32 Å². The van der Waals surface area contributed by atoms with Gasteiger partial charge in [0.1, 0.15) is 11.5 Å². The van der Waals surface area contributed by atoms with Gasteiger partial charge in [-0.2, -0.15) is 0 Å². The van der Waals surface area contributed by atoms with Gasteiger partial charge in [0.25, 0.3) is 0 Å². The maximum absolute atomic E-state index is 14.3. The number of rotatable bonds is 4. The highest BCUT2D eigenvalue weighted by atomic mass is 35.5. The second-order valence-electron chi connectivity index (χ2n) is 8.18. The van der Waals surface area contributed by atoms with Crippen LogP contribution in [-0.4, -0.2) is 30.9 Å². The summed E-state index contributed by atoms with van der Waals surface area (Å²) < 4.78 is 5.05. The number of halogens is 1. The van der Waals surface area contributed by atoms with Gasteiger partial charge in [0, 0.05) is 5.02 Å². The zero-order chi connectivity index (χ0) is 23.2. The molecule has 0 saturated carbocycles. The highest BCUT2D eigenvalue weighted by molar-refractivity contribution is 6.31. The molecule has 4 atom stereocenters. The van der Waals surface area contributed by atoms with Crippen molar-refractivity contribution in [2.24, 2.45) is 5.92 Å². The summed E-state index contributed by atoms with van der Waals surface area (Å²) in [5, 5.41) is 3.78. The molecule has 33 heavy (non-hydrogen) atoms. The molecule has 2 aliphatic rings. The normalized spacial score (nSPS) is 26.4. The molecule has 3 aromatic rings. The number of anilines is 1. The number of hydrogen-bond acceptors (Lipinski definition) is 5. The van der Waals surface area contributed by atoms with Crippen LogP contribution in [0.5, 0.6) is 0 Å². The molecule has 3 aromatic carbocycles. The van der Waals surface area contributed by atoms with Gasteiger partial charge in [0.2, 0.25) is 11.8 Å². The van der Waals surface area contributed by atoms with Crippen LogP contribution in [0.1, 0.15) is 17.2 Å². The van der Waals surface area contributed by atoms with Crippen LogP contribution >= 0.6 is 11.6 Å². The molecule has 2 heterocycles. The number of carbonyl (C=O) groups excluding carboxylic acids is 3. The predicted molar refractivity (Wildman–Crippen MR) is 124 cm³/mol. The number of nitrogens with one attached hydrogen (secondary N) is 1. The van der Waals surface area contributed by atoms with Crippen LogP contribution in [0.3, 0.4) is 0 Å². The Morgan fingerprint density at radius 1 is 0.939 bits per heavy atom. The van der Waals surface area contributed by atoms with E-state index in [1.165, 1.54) is 12.0 Å². The molecule has 5 rings (SSSR count). The van der Waals surface area contributed by atoms with Crippen LogP contribution in [0.25, 0.3) is 0 Å². The molecular formula is C26H21ClN2O4. The van der Waals surface area contributed by atoms with Gasteiger partial charge in [0.05, 0.1) is 24.8 Å². The SMILES string of the molecule is COC(=O)[C@@H]1N[C@H](c2ccccc2)[C@]2(c3ccc(Cl)cc3)C(=O)N(c3ccccc3)C(=O)[C@H]12. The van der Waals surface area contributed by atoms with Crippen molar-refractivity contribution in [3.05, 3.63) is 101 Å². The maximum atomic E-state index is 14.3. The van der Waals surface area contributed by atoms with E-state index in [0.29, 0.717) is 16.3 Å². The average Bonchev–Trinajstić information content (AvgIpc) is 3.32. The molecule has 0 bridgehead atoms. The maximum Gasteiger partial charge on any atom is 0.323 e. The van der Waals surface area contributed by atoms with Crippen LogP contribution in [0.2, 0.25) is 5.02 Å². The number of ether oxygens (including phenoxy) is 1. The van der Waals surface area contributed by atoms with Gasteiger partial charge < -0.3 is 4.74 Å². The highest BCUT2D eigenvalue weighted by Gasteiger charge is 2.72. The van der Waals surface area contributed by atoms with Crippen molar-refractivity contribution in [2.75, 3.05) is 12.0 Å². The molecule has 2 fully saturated rings. The largest absolute Gasteiger partial charge is 0.468 e. The summed E-state index contributed by atoms with van der Waals surface area (Å²) in [6.07, 6.45) is 0. The molecule has 0 radical (unpaired) electrons. The number of benzene rings is 3. The predicted octanol–water partition coefficient (Wildman–Crippen LogP) is 3.65. The second kappa shape index (κ2) is 8.14. The van der Waals surface area contributed by atoms with Gasteiger partial charge >= 0.3 is 5.97 Å². The fourth-order valence-corrected chi connectivity index (χ4v) is 5.35. The fourth-order valence-electron chi connectivity index (χ4n) is 5.22. The lowest BCUT2D eigenvalue weighted by molar-refractivity contribution is -0.145. The smallest absolute Gasteiger partial charge is 0.323 e. The first-order valence-corrected chi connectivity index (χ1v) is 11.0. The van der Waals surface area contributed by atoms with Gasteiger partial charge in [-0.25, -0.2) is 4.90 Å². The lowest BCUT2D eigenvalue weighted by Crippen LogP contribution is -2.45. The van der Waals surface area contributed by atoms with Crippen molar-refractivity contribution in [1.29, 1.82) is 0 Å². The van der Waals surface area contributed by atoms with Gasteiger partial charge in [-0.1, -0.05) is 72.3 Å². The van der Waals surface area contributed by atoms with Crippen LogP contribution < -0.4 is 10.2 Å². The molecule has 0 aliphatic carbocycles. The molecule has 2 amide bonds. The van der Waals surface area contributed by atoms with E-state index >= 15 is 0 Å². The Hall–Kier alpha value is -3.48. The van der Waals surface area contributed by atoms with Crippen molar-refractivity contribution >= 4 is 35.1 Å². The Balaban J connectivity index is 1.79. The summed E-state index contributed by atoms with van der Waals surface area (Å²) in [4.78, 5) is 42.3. The Labute approximate surface area is 196 Å². The molecule has 1 N–H and O–H groups in total. The minimum Gasteiger partial charge on any atom is -0.468 e. The second-order valence-corrected chi connectivity index (χ2v) is 8.62. The molecule has 2 aliphatic heterocycles. The standard InChI is InChI=1S/C26H21ClN2O4/c1-33-24(31)21-20-23(30)29(19-10-6-3-7-11-19)25(32)26(20,17-12-14-18(27)15-13-17)22(28-21)16-8-4-2-5-9-16/h2-15,20-22,28H,1H3/t20-,21+,22+,26+/m0/s1. The van der Waals surface area contributed by atoms with E-state index < -0.39 is 41.2 Å². The molecular weight excluding hydrogens is 440 g/mol. The summed E-state index contributed by atoms with van der Waals surface area (Å²) in [5.74, 6) is -2.42. The van der Waals surface area contributed by atoms with Gasteiger partial charge in [-0.05, 0) is 35.4 Å². The average molecular weight is 461 g/mol. The van der Waals surface area contributed by atoms with Crippen LogP contribution in [-0.2, 0) is 24.5 Å². The molecule has 0 unspecified atom stereocenters. The number of methoxy groups -OCH3 is 1. The van der Waals surface area contributed by atoms with Crippen molar-refractivity contribution in [3.8, 4) is 0 Å². The van der Waals surface area contributed by atoms with E-state index in [2.05, 4.69) is 5.32 Å². The van der Waals surface area contributed by atoms with Crippen LogP contribution in [0.15, 0.2) is 84.9 Å². The number of imide groups is 1. The summed E-state index contributed by atoms with van der Waals surface area (Å²) in [7, 11) is 1.28. The Bertz CT molecular complexity index is 1220. The van der Waals surface area contributed by atoms with Crippen molar-refractivity contribution < 1.29 is 19.1 Å². The minimum atomic E-state index is -1.36. The van der Waals surface area contributed by atoms with E-state index in [4.69, 9.17) is 16.3 Å². The van der Waals surface area contributed by atoms with Crippen molar-refractivity contribution in [2.45, 2.75) is 17.5 Å². The zero-order valence-electron chi connectivity index (χ0n) is 17.8. The van der Waals surface area contributed by atoms with Gasteiger partial charge in [0.15, 0.2) is 0 Å². The Morgan fingerprint density at radius 3 is 2.15 bits per heavy atom. The highest BCUT2D eigenvalue weighted by Crippen LogP contribution is 2.56. The monoisotopic (exact) mass is 460 g/mol. The van der Waals surface area contributed by atoms with E-state index in [1.807, 2.05) is 36.4 Å². The zero-order valence-corrected chi connectivity index (χ0v) is 18.5. The first-order valence-electron chi connectivity index (χ1n) is 10.6. The van der Waals surface area contributed by atoms with E-state index in [9.17, 15) is 14.4 Å². The Kier molecular flexibility index (Phi) is 5.27. The van der Waals surface area contributed by atoms with Gasteiger partial charge in [-0.3, -0.25) is 19.7 Å². The number of amides is 2. The van der Waals surface area contributed by atoms with E-state index in [0.717, 1.165) is 5.56 Å². The first kappa shape index (κ1) is 21.4. The summed E-state index contributed by atoms with van der Waals surface area (Å²) in [5.41, 5.74) is 0.504. The molecule has 166 valence electrons. The quantitative estimate of drug-likeness (QED) is 0.475. The van der Waals surface area contributed by atoms with Crippen LogP contribution in [0, 0.1) is 5.92 Å². The molecule has 0 aromatic heterocycles. The fraction of sp³-hybridized carbons (Fsp3) is 0.192. The third-order valence-electron chi connectivity index (χ3n) is 6.59. The number of hydrogen-bond donors (Lipinski definition) is 1. The molecule has 6 nitrogen and oxygen atoms in total. The number of para-hydroxylation sites is 1. The third-order valence-corrected chi connectivity index (χ3v) is 6.85. The summed E-state index contributed by atoms with van der Waals surface area (Å²) in [6, 6.07) is 23.4. The van der Waals surface area contributed by atoms with Gasteiger partial charge in [-0.15, -0.1) is 0 Å². The summed E-state index contributed by atoms with van der Waals surface area (Å²) >= 11 is 6.15. The Morgan fingerprint density at radius 2 is 1.55 bits per heavy atom. The minimum absolute atomic E-state index is 0.390. The van der Waals surface area contributed by atoms with E-state index in [1.54, 1.807) is 48.5 Å². The topological polar surface area (TPSA) is 75.7 Å². The molecule has 7 heteroatoms. The van der Waals surface area contributed by atoms with Crippen LogP contribution in [0.4, 0.5) is 5.69 Å². The van der Waals surface area contributed by atoms with E-state index in [-0.39, 0.29) is 0 Å². The number of fused-ring (bicyclic) bond motifs is 1. The third kappa shape index (κ3) is 3.09. The first-order chi connectivity index (χ1) is 16.0.